The third-order valence-electron chi connectivity index (χ3n) is 2.58. The van der Waals surface area contributed by atoms with Crippen LogP contribution >= 0.6 is 0 Å². The number of hydrogen-bond donors (Lipinski definition) is 3. The molecule has 0 aliphatic carbocycles. The van der Waals surface area contributed by atoms with E-state index < -0.39 is 12.1 Å². The van der Waals surface area contributed by atoms with Gasteiger partial charge in [0.2, 0.25) is 5.91 Å². The summed E-state index contributed by atoms with van der Waals surface area (Å²) in [5.74, 6) is -0.245. The molecule has 0 radical (unpaired) electrons. The van der Waals surface area contributed by atoms with E-state index >= 15 is 0 Å². The molecule has 0 saturated carbocycles. The van der Waals surface area contributed by atoms with E-state index in [1.165, 1.54) is 7.11 Å². The molecule has 1 rings (SSSR count). The Morgan fingerprint density at radius 2 is 2.11 bits per heavy atom. The molecular weight excluding hydrogens is 232 g/mol. The fourth-order valence-electron chi connectivity index (χ4n) is 1.56. The molecule has 1 aromatic carbocycles. The first-order valence-electron chi connectivity index (χ1n) is 5.90. The number of rotatable bonds is 7. The third-order valence-corrected chi connectivity index (χ3v) is 2.58. The first kappa shape index (κ1) is 14.6. The van der Waals surface area contributed by atoms with Gasteiger partial charge in [-0.1, -0.05) is 30.3 Å². The Morgan fingerprint density at radius 3 is 2.72 bits per heavy atom. The number of nitrogens with two attached hydrogens (primary N) is 1. The molecule has 0 saturated heterocycles. The lowest BCUT2D eigenvalue weighted by Gasteiger charge is -2.14. The molecule has 1 amide bonds. The van der Waals surface area contributed by atoms with Crippen molar-refractivity contribution < 1.29 is 14.6 Å². The van der Waals surface area contributed by atoms with Crippen molar-refractivity contribution in [1.82, 2.24) is 5.32 Å². The van der Waals surface area contributed by atoms with Crippen molar-refractivity contribution in [2.24, 2.45) is 5.73 Å². The van der Waals surface area contributed by atoms with Gasteiger partial charge in [0.1, 0.15) is 6.04 Å². The minimum atomic E-state index is -0.675. The molecule has 0 aromatic heterocycles. The molecule has 5 heteroatoms. The Morgan fingerprint density at radius 1 is 1.44 bits per heavy atom. The predicted molar refractivity (Wildman–Crippen MR) is 68.9 cm³/mol. The van der Waals surface area contributed by atoms with Crippen LogP contribution in [-0.2, 0) is 9.53 Å². The number of aliphatic hydroxyl groups is 1. The summed E-state index contributed by atoms with van der Waals surface area (Å²) in [7, 11) is 1.52. The van der Waals surface area contributed by atoms with Gasteiger partial charge in [0, 0.05) is 13.7 Å². The number of aliphatic hydroxyl groups excluding tert-OH is 1. The third kappa shape index (κ3) is 4.83. The largest absolute Gasteiger partial charge is 0.391 e. The number of methoxy groups -OCH3 is 1. The molecule has 0 heterocycles. The first-order valence-corrected chi connectivity index (χ1v) is 5.90. The zero-order chi connectivity index (χ0) is 13.4. The first-order chi connectivity index (χ1) is 8.65. The van der Waals surface area contributed by atoms with Gasteiger partial charge in [-0.15, -0.1) is 0 Å². The van der Waals surface area contributed by atoms with Gasteiger partial charge in [0.05, 0.1) is 12.7 Å². The molecule has 0 bridgehead atoms. The number of benzene rings is 1. The highest BCUT2D eigenvalue weighted by molar-refractivity contribution is 5.82. The number of amides is 1. The fraction of sp³-hybridized carbons (Fsp3) is 0.462. The number of carbonyl (C=O) groups is 1. The zero-order valence-electron chi connectivity index (χ0n) is 10.5. The minimum absolute atomic E-state index is 0.245. The molecule has 2 unspecified atom stereocenters. The highest BCUT2D eigenvalue weighted by Gasteiger charge is 2.15. The molecule has 0 fully saturated rings. The average Bonchev–Trinajstić information content (AvgIpc) is 2.39. The average molecular weight is 252 g/mol. The van der Waals surface area contributed by atoms with E-state index in [1.54, 1.807) is 0 Å². The summed E-state index contributed by atoms with van der Waals surface area (Å²) in [6.07, 6.45) is -0.121. The van der Waals surface area contributed by atoms with Crippen LogP contribution in [0.15, 0.2) is 30.3 Å². The van der Waals surface area contributed by atoms with Crippen LogP contribution in [-0.4, -0.2) is 37.4 Å². The maximum atomic E-state index is 11.7. The van der Waals surface area contributed by atoms with Crippen molar-refractivity contribution >= 4 is 5.91 Å². The van der Waals surface area contributed by atoms with Crippen molar-refractivity contribution in [3.8, 4) is 0 Å². The number of ether oxygens (including phenoxy) is 1. The van der Waals surface area contributed by atoms with E-state index in [-0.39, 0.29) is 12.5 Å². The summed E-state index contributed by atoms with van der Waals surface area (Å²) in [5, 5.41) is 12.1. The quantitative estimate of drug-likeness (QED) is 0.647. The van der Waals surface area contributed by atoms with E-state index in [4.69, 9.17) is 10.5 Å². The fourth-order valence-corrected chi connectivity index (χ4v) is 1.56. The second kappa shape index (κ2) is 7.81. The van der Waals surface area contributed by atoms with Crippen LogP contribution in [0.25, 0.3) is 0 Å². The van der Waals surface area contributed by atoms with Crippen molar-refractivity contribution in [3.63, 3.8) is 0 Å². The predicted octanol–water partition coefficient (Wildman–Crippen LogP) is 0.200. The van der Waals surface area contributed by atoms with Crippen molar-refractivity contribution in [2.45, 2.75) is 18.6 Å². The van der Waals surface area contributed by atoms with Gasteiger partial charge in [-0.3, -0.25) is 4.79 Å². The van der Waals surface area contributed by atoms with Crippen molar-refractivity contribution in [3.05, 3.63) is 35.9 Å². The van der Waals surface area contributed by atoms with Crippen LogP contribution in [0.5, 0.6) is 0 Å². The number of carbonyl (C=O) groups excluding carboxylic acids is 1. The van der Waals surface area contributed by atoms with Gasteiger partial charge >= 0.3 is 0 Å². The van der Waals surface area contributed by atoms with Crippen LogP contribution in [0.1, 0.15) is 18.0 Å². The lowest BCUT2D eigenvalue weighted by Crippen LogP contribution is -2.36. The lowest BCUT2D eigenvalue weighted by atomic mass is 10.1. The summed E-state index contributed by atoms with van der Waals surface area (Å²) < 4.78 is 4.79. The Hall–Kier alpha value is -1.43. The van der Waals surface area contributed by atoms with Crippen LogP contribution in [0.2, 0.25) is 0 Å². The smallest absolute Gasteiger partial charge is 0.241 e. The molecular formula is C13H20N2O3. The summed E-state index contributed by atoms with van der Waals surface area (Å²) in [6.45, 7) is 0.643. The van der Waals surface area contributed by atoms with E-state index in [2.05, 4.69) is 5.32 Å². The van der Waals surface area contributed by atoms with Gasteiger partial charge < -0.3 is 20.9 Å². The summed E-state index contributed by atoms with van der Waals surface area (Å²) >= 11 is 0. The minimum Gasteiger partial charge on any atom is -0.391 e. The SMILES string of the molecule is COCC(O)CCNC(=O)C(N)c1ccccc1. The second-order valence-corrected chi connectivity index (χ2v) is 4.08. The molecule has 1 aromatic rings. The van der Waals surface area contributed by atoms with Gasteiger partial charge in [-0.25, -0.2) is 0 Å². The highest BCUT2D eigenvalue weighted by atomic mass is 16.5. The van der Waals surface area contributed by atoms with Crippen LogP contribution in [0, 0.1) is 0 Å². The maximum Gasteiger partial charge on any atom is 0.241 e. The Labute approximate surface area is 107 Å². The number of nitrogens with one attached hydrogen (secondary N) is 1. The molecule has 100 valence electrons. The molecule has 5 nitrogen and oxygen atoms in total. The maximum absolute atomic E-state index is 11.7. The summed E-state index contributed by atoms with van der Waals surface area (Å²) in [6, 6.07) is 8.49. The Bertz CT molecular complexity index is 357. The molecule has 2 atom stereocenters. The van der Waals surface area contributed by atoms with Crippen LogP contribution in [0.3, 0.4) is 0 Å². The molecule has 0 aliphatic rings. The Balaban J connectivity index is 2.33. The van der Waals surface area contributed by atoms with Gasteiger partial charge in [0.25, 0.3) is 0 Å². The summed E-state index contributed by atoms with van der Waals surface area (Å²) in [5.41, 5.74) is 6.59. The van der Waals surface area contributed by atoms with Crippen LogP contribution in [0.4, 0.5) is 0 Å². The highest BCUT2D eigenvalue weighted by Crippen LogP contribution is 2.09. The normalized spacial score (nSPS) is 13.9. The molecule has 4 N–H and O–H groups in total. The van der Waals surface area contributed by atoms with Gasteiger partial charge in [-0.05, 0) is 12.0 Å². The van der Waals surface area contributed by atoms with Gasteiger partial charge in [-0.2, -0.15) is 0 Å². The standard InChI is InChI=1S/C13H20N2O3/c1-18-9-11(16)7-8-15-13(17)12(14)10-5-3-2-4-6-10/h2-6,11-12,16H,7-9,14H2,1H3,(H,15,17). The van der Waals surface area contributed by atoms with E-state index in [9.17, 15) is 9.90 Å². The molecule has 18 heavy (non-hydrogen) atoms. The summed E-state index contributed by atoms with van der Waals surface area (Å²) in [4.78, 5) is 11.7. The van der Waals surface area contributed by atoms with E-state index in [0.717, 1.165) is 5.56 Å². The Kier molecular flexibility index (Phi) is 6.35. The second-order valence-electron chi connectivity index (χ2n) is 4.08. The van der Waals surface area contributed by atoms with Crippen LogP contribution < -0.4 is 11.1 Å². The van der Waals surface area contributed by atoms with Gasteiger partial charge in [0.15, 0.2) is 0 Å². The zero-order valence-corrected chi connectivity index (χ0v) is 10.5. The van der Waals surface area contributed by atoms with Crippen molar-refractivity contribution in [2.75, 3.05) is 20.3 Å². The van der Waals surface area contributed by atoms with E-state index in [0.29, 0.717) is 13.0 Å². The number of hydrogen-bond acceptors (Lipinski definition) is 4. The van der Waals surface area contributed by atoms with E-state index in [1.807, 2.05) is 30.3 Å². The monoisotopic (exact) mass is 252 g/mol. The molecule has 0 aliphatic heterocycles. The molecule has 0 spiro atoms. The topological polar surface area (TPSA) is 84.6 Å². The lowest BCUT2D eigenvalue weighted by molar-refractivity contribution is -0.122. The van der Waals surface area contributed by atoms with Crippen molar-refractivity contribution in [1.29, 1.82) is 0 Å².